The van der Waals surface area contributed by atoms with Gasteiger partial charge >= 0.3 is 11.9 Å². The third-order valence-electron chi connectivity index (χ3n) is 3.94. The Morgan fingerprint density at radius 1 is 0.750 bits per heavy atom. The monoisotopic (exact) mass is 224 g/mol. The molecule has 0 radical (unpaired) electrons. The summed E-state index contributed by atoms with van der Waals surface area (Å²) in [5.74, 6) is 0.302. The normalized spacial score (nSPS) is 42.8. The van der Waals surface area contributed by atoms with E-state index in [4.69, 9.17) is 9.47 Å². The van der Waals surface area contributed by atoms with Gasteiger partial charge in [0, 0.05) is 0 Å². The van der Waals surface area contributed by atoms with Crippen molar-refractivity contribution in [3.8, 4) is 0 Å². The predicted octanol–water partition coefficient (Wildman–Crippen LogP) is 1.42. The van der Waals surface area contributed by atoms with E-state index in [-0.39, 0.29) is 18.6 Å². The van der Waals surface area contributed by atoms with Crippen LogP contribution in [-0.4, -0.2) is 24.1 Å². The van der Waals surface area contributed by atoms with Crippen LogP contribution in [0.25, 0.3) is 0 Å². The minimum absolute atomic E-state index is 0.0445. The molecular weight excluding hydrogens is 208 g/mol. The van der Waals surface area contributed by atoms with E-state index in [1.54, 1.807) is 0 Å². The Bertz CT molecular complexity index is 283. The SMILES string of the molecule is O=C1CC(=O)OC2CC3CC(CC(C3)O1)C2. The molecule has 4 nitrogen and oxygen atoms in total. The minimum Gasteiger partial charge on any atom is -0.462 e. The highest BCUT2D eigenvalue weighted by molar-refractivity contribution is 5.91. The maximum atomic E-state index is 11.4. The zero-order valence-electron chi connectivity index (χ0n) is 9.19. The van der Waals surface area contributed by atoms with Crippen molar-refractivity contribution >= 4 is 11.9 Å². The topological polar surface area (TPSA) is 52.6 Å². The van der Waals surface area contributed by atoms with Gasteiger partial charge in [-0.3, -0.25) is 9.59 Å². The van der Waals surface area contributed by atoms with Gasteiger partial charge in [0.25, 0.3) is 0 Å². The second kappa shape index (κ2) is 3.75. The molecule has 2 saturated carbocycles. The third-order valence-corrected chi connectivity index (χ3v) is 3.94. The van der Waals surface area contributed by atoms with E-state index in [2.05, 4.69) is 0 Å². The molecule has 2 saturated heterocycles. The first-order valence-electron chi connectivity index (χ1n) is 6.08. The van der Waals surface area contributed by atoms with Gasteiger partial charge in [0.05, 0.1) is 0 Å². The molecule has 4 heteroatoms. The van der Waals surface area contributed by atoms with Gasteiger partial charge in [0.15, 0.2) is 0 Å². The Balaban J connectivity index is 1.82. The Kier molecular flexibility index (Phi) is 2.37. The van der Waals surface area contributed by atoms with Crippen LogP contribution in [0.1, 0.15) is 38.5 Å². The van der Waals surface area contributed by atoms with Gasteiger partial charge in [0.1, 0.15) is 18.6 Å². The minimum atomic E-state index is -0.419. The van der Waals surface area contributed by atoms with Crippen molar-refractivity contribution in [3.05, 3.63) is 0 Å². The average Bonchev–Trinajstić information content (AvgIpc) is 2.13. The quantitative estimate of drug-likeness (QED) is 0.461. The number of hydrogen-bond acceptors (Lipinski definition) is 4. The Morgan fingerprint density at radius 2 is 1.19 bits per heavy atom. The van der Waals surface area contributed by atoms with Crippen LogP contribution in [0.4, 0.5) is 0 Å². The molecule has 2 aliphatic carbocycles. The van der Waals surface area contributed by atoms with Crippen LogP contribution < -0.4 is 0 Å². The smallest absolute Gasteiger partial charge is 0.317 e. The fourth-order valence-electron chi connectivity index (χ4n) is 3.49. The number of fused-ring (bicyclic) bond motifs is 4. The molecule has 0 aromatic rings. The van der Waals surface area contributed by atoms with Gasteiger partial charge < -0.3 is 9.47 Å². The van der Waals surface area contributed by atoms with Crippen LogP contribution in [0, 0.1) is 11.8 Å². The van der Waals surface area contributed by atoms with Crippen LogP contribution in [-0.2, 0) is 19.1 Å². The lowest BCUT2D eigenvalue weighted by Gasteiger charge is -2.42. The highest BCUT2D eigenvalue weighted by atomic mass is 16.6. The number of carbonyl (C=O) groups is 2. The zero-order valence-corrected chi connectivity index (χ0v) is 9.19. The van der Waals surface area contributed by atoms with Gasteiger partial charge in [-0.2, -0.15) is 0 Å². The van der Waals surface area contributed by atoms with E-state index in [1.165, 1.54) is 6.42 Å². The molecule has 88 valence electrons. The molecule has 0 aromatic carbocycles. The van der Waals surface area contributed by atoms with Crippen LogP contribution >= 0.6 is 0 Å². The second-order valence-electron chi connectivity index (χ2n) is 5.31. The van der Waals surface area contributed by atoms with Crippen molar-refractivity contribution < 1.29 is 19.1 Å². The second-order valence-corrected chi connectivity index (χ2v) is 5.31. The summed E-state index contributed by atoms with van der Waals surface area (Å²) in [5.41, 5.74) is 0. The summed E-state index contributed by atoms with van der Waals surface area (Å²) in [7, 11) is 0. The van der Waals surface area contributed by atoms with E-state index in [1.807, 2.05) is 0 Å². The maximum absolute atomic E-state index is 11.4. The summed E-state index contributed by atoms with van der Waals surface area (Å²) in [4.78, 5) is 22.8. The molecule has 2 heterocycles. The van der Waals surface area contributed by atoms with Crippen molar-refractivity contribution in [2.75, 3.05) is 0 Å². The van der Waals surface area contributed by atoms with Crippen molar-refractivity contribution in [1.82, 2.24) is 0 Å². The molecule has 0 amide bonds. The summed E-state index contributed by atoms with van der Waals surface area (Å²) in [5, 5.41) is 0. The fourth-order valence-corrected chi connectivity index (χ4v) is 3.49. The molecule has 0 N–H and O–H groups in total. The van der Waals surface area contributed by atoms with Gasteiger partial charge in [-0.05, 0) is 43.9 Å². The number of hydrogen-bond donors (Lipinski definition) is 0. The number of esters is 2. The van der Waals surface area contributed by atoms with Gasteiger partial charge in [0.2, 0.25) is 0 Å². The van der Waals surface area contributed by atoms with E-state index in [9.17, 15) is 9.59 Å². The van der Waals surface area contributed by atoms with Crippen LogP contribution in [0.5, 0.6) is 0 Å². The van der Waals surface area contributed by atoms with Crippen molar-refractivity contribution in [3.63, 3.8) is 0 Å². The van der Waals surface area contributed by atoms with Gasteiger partial charge in [-0.25, -0.2) is 0 Å². The number of ether oxygens (including phenoxy) is 2. The molecular formula is C12H16O4. The molecule has 2 aliphatic heterocycles. The van der Waals surface area contributed by atoms with Gasteiger partial charge in [-0.15, -0.1) is 0 Å². The maximum Gasteiger partial charge on any atom is 0.317 e. The average molecular weight is 224 g/mol. The summed E-state index contributed by atoms with van der Waals surface area (Å²) < 4.78 is 10.6. The summed E-state index contributed by atoms with van der Waals surface area (Å²) >= 11 is 0. The molecule has 0 atom stereocenters. The van der Waals surface area contributed by atoms with Crippen molar-refractivity contribution in [2.45, 2.75) is 50.7 Å². The lowest BCUT2D eigenvalue weighted by atomic mass is 9.70. The Hall–Kier alpha value is -1.06. The van der Waals surface area contributed by atoms with E-state index < -0.39 is 11.9 Å². The molecule has 4 fully saturated rings. The Labute approximate surface area is 94.3 Å². The van der Waals surface area contributed by atoms with Crippen LogP contribution in [0.2, 0.25) is 0 Å². The van der Waals surface area contributed by atoms with E-state index in [0.29, 0.717) is 11.8 Å². The summed E-state index contributed by atoms with van der Waals surface area (Å²) in [6.07, 6.45) is 4.90. The highest BCUT2D eigenvalue weighted by Gasteiger charge is 2.40. The lowest BCUT2D eigenvalue weighted by molar-refractivity contribution is -0.171. The largest absolute Gasteiger partial charge is 0.462 e. The molecule has 4 rings (SSSR count). The molecule has 4 bridgehead atoms. The highest BCUT2D eigenvalue weighted by Crippen LogP contribution is 2.42. The molecule has 0 aromatic heterocycles. The number of rotatable bonds is 0. The van der Waals surface area contributed by atoms with Crippen molar-refractivity contribution in [2.24, 2.45) is 11.8 Å². The Morgan fingerprint density at radius 3 is 1.62 bits per heavy atom. The lowest BCUT2D eigenvalue weighted by Crippen LogP contribution is -2.41. The third kappa shape index (κ3) is 1.93. The van der Waals surface area contributed by atoms with E-state index in [0.717, 1.165) is 25.7 Å². The van der Waals surface area contributed by atoms with Crippen LogP contribution in [0.3, 0.4) is 0 Å². The number of carbonyl (C=O) groups excluding carboxylic acids is 2. The summed E-state index contributed by atoms with van der Waals surface area (Å²) in [6, 6.07) is 0. The zero-order chi connectivity index (χ0) is 11.1. The molecule has 16 heavy (non-hydrogen) atoms. The van der Waals surface area contributed by atoms with Crippen molar-refractivity contribution in [1.29, 1.82) is 0 Å². The summed E-state index contributed by atoms with van der Waals surface area (Å²) in [6.45, 7) is 0. The first-order chi connectivity index (χ1) is 7.69. The van der Waals surface area contributed by atoms with E-state index >= 15 is 0 Å². The molecule has 0 unspecified atom stereocenters. The first kappa shape index (κ1) is 10.1. The standard InChI is InChI=1S/C12H16O4/c13-11-6-12(14)16-10-3-7-1-8(5-10)4-9(2-7)15-11/h7-10H,1-6H2. The molecule has 0 spiro atoms. The first-order valence-corrected chi connectivity index (χ1v) is 6.08. The van der Waals surface area contributed by atoms with Gasteiger partial charge in [-0.1, -0.05) is 0 Å². The predicted molar refractivity (Wildman–Crippen MR) is 54.4 cm³/mol. The molecule has 4 aliphatic rings. The van der Waals surface area contributed by atoms with Crippen LogP contribution in [0.15, 0.2) is 0 Å². The fraction of sp³-hybridized carbons (Fsp3) is 0.833.